The average molecular weight is 355 g/mol. The summed E-state index contributed by atoms with van der Waals surface area (Å²) in [5, 5.41) is 9.22. The molecule has 0 aliphatic carbocycles. The molecule has 0 radical (unpaired) electrons. The maximum absolute atomic E-state index is 12.9. The van der Waals surface area contributed by atoms with Gasteiger partial charge in [-0.3, -0.25) is 4.79 Å². The van der Waals surface area contributed by atoms with E-state index in [1.807, 2.05) is 6.92 Å². The van der Waals surface area contributed by atoms with Crippen molar-refractivity contribution in [2.45, 2.75) is 25.2 Å². The first-order chi connectivity index (χ1) is 11.2. The van der Waals surface area contributed by atoms with Gasteiger partial charge in [0.2, 0.25) is 10.0 Å². The van der Waals surface area contributed by atoms with Crippen LogP contribution in [-0.4, -0.2) is 50.0 Å². The summed E-state index contributed by atoms with van der Waals surface area (Å²) in [6.07, 6.45) is 0.460. The molecule has 0 amide bonds. The van der Waals surface area contributed by atoms with Crippen LogP contribution in [0.4, 0.5) is 0 Å². The van der Waals surface area contributed by atoms with Crippen molar-refractivity contribution in [1.29, 1.82) is 0 Å². The smallest absolute Gasteiger partial charge is 0.337 e. The van der Waals surface area contributed by atoms with Gasteiger partial charge in [-0.2, -0.15) is 4.31 Å². The van der Waals surface area contributed by atoms with Crippen molar-refractivity contribution in [2.24, 2.45) is 11.8 Å². The Hall–Kier alpha value is -1.93. The number of benzene rings is 1. The van der Waals surface area contributed by atoms with Crippen LogP contribution in [0.25, 0.3) is 0 Å². The minimum Gasteiger partial charge on any atom is -0.481 e. The predicted octanol–water partition coefficient (Wildman–Crippen LogP) is 1.51. The Kier molecular flexibility index (Phi) is 5.29. The summed E-state index contributed by atoms with van der Waals surface area (Å²) in [5.41, 5.74) is 0.687. The maximum Gasteiger partial charge on any atom is 0.337 e. The van der Waals surface area contributed by atoms with Crippen LogP contribution in [0.2, 0.25) is 0 Å². The van der Waals surface area contributed by atoms with Gasteiger partial charge in [-0.05, 0) is 43.0 Å². The van der Waals surface area contributed by atoms with Crippen LogP contribution < -0.4 is 0 Å². The SMILES string of the molecule is COC(=O)c1ccc(S(=O)(=O)N2CC(C)CC(C(=O)O)C2)c(C)c1. The summed E-state index contributed by atoms with van der Waals surface area (Å²) >= 11 is 0. The Morgan fingerprint density at radius 2 is 1.96 bits per heavy atom. The van der Waals surface area contributed by atoms with Gasteiger partial charge < -0.3 is 9.84 Å². The lowest BCUT2D eigenvalue weighted by Gasteiger charge is -2.34. The van der Waals surface area contributed by atoms with E-state index in [1.165, 1.54) is 29.6 Å². The van der Waals surface area contributed by atoms with Crippen LogP contribution in [0.5, 0.6) is 0 Å². The van der Waals surface area contributed by atoms with Gasteiger partial charge in [0.05, 0.1) is 23.5 Å². The number of hydrogen-bond donors (Lipinski definition) is 1. The Morgan fingerprint density at radius 3 is 2.50 bits per heavy atom. The van der Waals surface area contributed by atoms with E-state index < -0.39 is 27.9 Å². The Bertz CT molecular complexity index is 758. The summed E-state index contributed by atoms with van der Waals surface area (Å²) in [5.74, 6) is -2.28. The number of methoxy groups -OCH3 is 1. The van der Waals surface area contributed by atoms with Gasteiger partial charge >= 0.3 is 11.9 Å². The third-order valence-corrected chi connectivity index (χ3v) is 6.18. The van der Waals surface area contributed by atoms with Crippen molar-refractivity contribution < 1.29 is 27.9 Å². The fraction of sp³-hybridized carbons (Fsp3) is 0.500. The maximum atomic E-state index is 12.9. The number of piperidine rings is 1. The van der Waals surface area contributed by atoms with Gasteiger partial charge in [0.1, 0.15) is 0 Å². The molecule has 2 atom stereocenters. The van der Waals surface area contributed by atoms with Crippen molar-refractivity contribution in [2.75, 3.05) is 20.2 Å². The number of sulfonamides is 1. The highest BCUT2D eigenvalue weighted by molar-refractivity contribution is 7.89. The number of esters is 1. The van der Waals surface area contributed by atoms with Crippen LogP contribution in [-0.2, 0) is 19.6 Å². The van der Waals surface area contributed by atoms with E-state index in [9.17, 15) is 23.1 Å². The third-order valence-electron chi connectivity index (χ3n) is 4.19. The number of ether oxygens (including phenoxy) is 1. The monoisotopic (exact) mass is 355 g/mol. The van der Waals surface area contributed by atoms with E-state index in [-0.39, 0.29) is 29.5 Å². The highest BCUT2D eigenvalue weighted by atomic mass is 32.2. The molecule has 1 N–H and O–H groups in total. The van der Waals surface area contributed by atoms with Crippen molar-refractivity contribution in [3.8, 4) is 0 Å². The van der Waals surface area contributed by atoms with E-state index in [1.54, 1.807) is 6.92 Å². The number of carboxylic acids is 1. The number of rotatable bonds is 4. The molecule has 0 spiro atoms. The second-order valence-corrected chi connectivity index (χ2v) is 8.08. The van der Waals surface area contributed by atoms with E-state index in [2.05, 4.69) is 4.74 Å². The quantitative estimate of drug-likeness (QED) is 0.822. The summed E-state index contributed by atoms with van der Waals surface area (Å²) in [7, 11) is -2.57. The molecular formula is C16H21NO6S. The Balaban J connectivity index is 2.36. The number of hydrogen-bond acceptors (Lipinski definition) is 5. The normalized spacial score (nSPS) is 22.1. The van der Waals surface area contributed by atoms with Gasteiger partial charge in [0.15, 0.2) is 0 Å². The summed E-state index contributed by atoms with van der Waals surface area (Å²) in [6, 6.07) is 4.22. The molecule has 0 aromatic heterocycles. The van der Waals surface area contributed by atoms with Crippen molar-refractivity contribution >= 4 is 22.0 Å². The van der Waals surface area contributed by atoms with Crippen LogP contribution in [0, 0.1) is 18.8 Å². The average Bonchev–Trinajstić information content (AvgIpc) is 2.53. The van der Waals surface area contributed by atoms with E-state index in [0.29, 0.717) is 12.0 Å². The number of carbonyl (C=O) groups is 2. The molecule has 24 heavy (non-hydrogen) atoms. The van der Waals surface area contributed by atoms with Gasteiger partial charge in [-0.1, -0.05) is 6.92 Å². The first-order valence-corrected chi connectivity index (χ1v) is 9.02. The molecule has 1 aromatic rings. The molecule has 132 valence electrons. The molecule has 1 aliphatic heterocycles. The number of aliphatic carboxylic acids is 1. The number of nitrogens with zero attached hydrogens (tertiary/aromatic N) is 1. The lowest BCUT2D eigenvalue weighted by molar-refractivity contribution is -0.143. The zero-order chi connectivity index (χ0) is 18.1. The second kappa shape index (κ2) is 6.90. The summed E-state index contributed by atoms with van der Waals surface area (Å²) in [4.78, 5) is 22.9. The number of aryl methyl sites for hydroxylation is 1. The molecule has 8 heteroatoms. The molecule has 2 unspecified atom stereocenters. The molecule has 7 nitrogen and oxygen atoms in total. The summed E-state index contributed by atoms with van der Waals surface area (Å²) in [6.45, 7) is 3.68. The molecule has 2 rings (SSSR count). The highest BCUT2D eigenvalue weighted by Gasteiger charge is 2.36. The van der Waals surface area contributed by atoms with Gasteiger partial charge in [-0.25, -0.2) is 13.2 Å². The topological polar surface area (TPSA) is 101 Å². The first kappa shape index (κ1) is 18.4. The molecule has 0 saturated carbocycles. The molecule has 1 aromatic carbocycles. The van der Waals surface area contributed by atoms with E-state index in [4.69, 9.17) is 0 Å². The van der Waals surface area contributed by atoms with Crippen molar-refractivity contribution in [1.82, 2.24) is 4.31 Å². The largest absolute Gasteiger partial charge is 0.481 e. The lowest BCUT2D eigenvalue weighted by Crippen LogP contribution is -2.45. The number of carboxylic acid groups (broad SMARTS) is 1. The van der Waals surface area contributed by atoms with E-state index in [0.717, 1.165) is 0 Å². The molecular weight excluding hydrogens is 334 g/mol. The molecule has 1 heterocycles. The minimum atomic E-state index is -3.82. The first-order valence-electron chi connectivity index (χ1n) is 7.58. The standard InChI is InChI=1S/C16H21NO6S/c1-10-6-13(15(18)19)9-17(8-10)24(21,22)14-5-4-12(7-11(14)2)16(20)23-3/h4-5,7,10,13H,6,8-9H2,1-3H3,(H,18,19). The molecule has 1 saturated heterocycles. The summed E-state index contributed by atoms with van der Waals surface area (Å²) < 4.78 is 31.6. The highest BCUT2D eigenvalue weighted by Crippen LogP contribution is 2.28. The van der Waals surface area contributed by atoms with Crippen LogP contribution in [0.3, 0.4) is 0 Å². The molecule has 1 fully saturated rings. The number of carbonyl (C=O) groups excluding carboxylic acids is 1. The van der Waals surface area contributed by atoms with Crippen LogP contribution in [0.15, 0.2) is 23.1 Å². The van der Waals surface area contributed by atoms with Gasteiger partial charge in [-0.15, -0.1) is 0 Å². The van der Waals surface area contributed by atoms with Gasteiger partial charge in [0.25, 0.3) is 0 Å². The van der Waals surface area contributed by atoms with Crippen molar-refractivity contribution in [3.63, 3.8) is 0 Å². The predicted molar refractivity (Wildman–Crippen MR) is 86.2 cm³/mol. The zero-order valence-corrected chi connectivity index (χ0v) is 14.7. The zero-order valence-electron chi connectivity index (χ0n) is 13.9. The third kappa shape index (κ3) is 3.59. The van der Waals surface area contributed by atoms with Crippen LogP contribution >= 0.6 is 0 Å². The van der Waals surface area contributed by atoms with E-state index >= 15 is 0 Å². The second-order valence-electron chi connectivity index (χ2n) is 6.17. The van der Waals surface area contributed by atoms with Crippen molar-refractivity contribution in [3.05, 3.63) is 29.3 Å². The molecule has 1 aliphatic rings. The fourth-order valence-electron chi connectivity index (χ4n) is 3.00. The van der Waals surface area contributed by atoms with Crippen LogP contribution in [0.1, 0.15) is 29.3 Å². The minimum absolute atomic E-state index is 0.0377. The van der Waals surface area contributed by atoms with Gasteiger partial charge in [0, 0.05) is 13.1 Å². The lowest BCUT2D eigenvalue weighted by atomic mass is 9.92. The fourth-order valence-corrected chi connectivity index (χ4v) is 4.81. The molecule has 0 bridgehead atoms. The Labute approximate surface area is 141 Å². The Morgan fingerprint density at radius 1 is 1.29 bits per heavy atom.